The van der Waals surface area contributed by atoms with E-state index in [4.69, 9.17) is 4.98 Å². The molecule has 1 atom stereocenters. The molecular formula is C16H15BrN2O. The molecule has 0 radical (unpaired) electrons. The monoisotopic (exact) mass is 330 g/mol. The number of fused-ring (bicyclic) bond motifs is 1. The fraction of sp³-hybridized carbons (Fsp3) is 0.188. The highest BCUT2D eigenvalue weighted by Crippen LogP contribution is 2.30. The fourth-order valence-corrected chi connectivity index (χ4v) is 2.71. The standard InChI is InChI=1S/C16H15BrN2O/c1-10-4-3-9-19-15(11(2)20)14(18-16(10)19)12-5-7-13(17)8-6-12/h3-9,11,20H,1-2H3. The van der Waals surface area contributed by atoms with E-state index in [9.17, 15) is 5.11 Å². The third-order valence-corrected chi connectivity index (χ3v) is 3.92. The van der Waals surface area contributed by atoms with Crippen molar-refractivity contribution in [1.82, 2.24) is 9.38 Å². The average molecular weight is 331 g/mol. The van der Waals surface area contributed by atoms with Crippen molar-refractivity contribution in [1.29, 1.82) is 0 Å². The van der Waals surface area contributed by atoms with Crippen LogP contribution in [-0.4, -0.2) is 14.5 Å². The number of nitrogens with zero attached hydrogens (tertiary/aromatic N) is 2. The van der Waals surface area contributed by atoms with Gasteiger partial charge in [0, 0.05) is 16.2 Å². The van der Waals surface area contributed by atoms with Gasteiger partial charge in [0.15, 0.2) is 0 Å². The van der Waals surface area contributed by atoms with Crippen LogP contribution in [0.1, 0.15) is 24.3 Å². The maximum atomic E-state index is 10.1. The number of aromatic nitrogens is 2. The van der Waals surface area contributed by atoms with Crippen LogP contribution in [0.4, 0.5) is 0 Å². The van der Waals surface area contributed by atoms with Crippen molar-refractivity contribution in [2.45, 2.75) is 20.0 Å². The van der Waals surface area contributed by atoms with E-state index < -0.39 is 6.10 Å². The smallest absolute Gasteiger partial charge is 0.140 e. The average Bonchev–Trinajstić information content (AvgIpc) is 2.80. The number of hydrogen-bond donors (Lipinski definition) is 1. The van der Waals surface area contributed by atoms with Crippen LogP contribution >= 0.6 is 15.9 Å². The van der Waals surface area contributed by atoms with Crippen molar-refractivity contribution < 1.29 is 5.11 Å². The highest BCUT2D eigenvalue weighted by Gasteiger charge is 2.18. The molecule has 0 spiro atoms. The van der Waals surface area contributed by atoms with Gasteiger partial charge in [0.2, 0.25) is 0 Å². The number of aryl methyl sites for hydroxylation is 1. The molecule has 3 aromatic rings. The van der Waals surface area contributed by atoms with Crippen LogP contribution in [0.2, 0.25) is 0 Å². The number of hydrogen-bond acceptors (Lipinski definition) is 2. The largest absolute Gasteiger partial charge is 0.387 e. The number of aliphatic hydroxyl groups is 1. The van der Waals surface area contributed by atoms with Gasteiger partial charge in [-0.1, -0.05) is 34.1 Å². The van der Waals surface area contributed by atoms with Crippen LogP contribution in [0.15, 0.2) is 47.1 Å². The Morgan fingerprint density at radius 1 is 1.20 bits per heavy atom. The first kappa shape index (κ1) is 13.3. The molecule has 1 aromatic carbocycles. The molecule has 0 aliphatic heterocycles. The van der Waals surface area contributed by atoms with Crippen LogP contribution in [0.3, 0.4) is 0 Å². The van der Waals surface area contributed by atoms with E-state index in [0.29, 0.717) is 0 Å². The first-order chi connectivity index (χ1) is 9.58. The molecule has 0 aliphatic rings. The van der Waals surface area contributed by atoms with E-state index in [1.807, 2.05) is 53.9 Å². The Kier molecular flexibility index (Phi) is 3.36. The van der Waals surface area contributed by atoms with Gasteiger partial charge in [-0.2, -0.15) is 0 Å². The molecule has 0 saturated carbocycles. The summed E-state index contributed by atoms with van der Waals surface area (Å²) >= 11 is 3.44. The Hall–Kier alpha value is -1.65. The zero-order chi connectivity index (χ0) is 14.3. The second-order valence-electron chi connectivity index (χ2n) is 4.91. The number of benzene rings is 1. The number of halogens is 1. The molecule has 2 aromatic heterocycles. The van der Waals surface area contributed by atoms with Crippen LogP contribution in [0, 0.1) is 6.92 Å². The summed E-state index contributed by atoms with van der Waals surface area (Å²) in [6.07, 6.45) is 1.37. The maximum Gasteiger partial charge on any atom is 0.140 e. The van der Waals surface area contributed by atoms with Crippen molar-refractivity contribution in [2.24, 2.45) is 0 Å². The van der Waals surface area contributed by atoms with Crippen molar-refractivity contribution in [3.05, 3.63) is 58.3 Å². The minimum atomic E-state index is -0.578. The van der Waals surface area contributed by atoms with Crippen molar-refractivity contribution in [3.8, 4) is 11.3 Å². The molecule has 0 saturated heterocycles. The molecule has 4 heteroatoms. The summed E-state index contributed by atoms with van der Waals surface area (Å²) in [5.41, 5.74) is 4.65. The normalized spacial score (nSPS) is 12.8. The maximum absolute atomic E-state index is 10.1. The molecule has 102 valence electrons. The third-order valence-electron chi connectivity index (χ3n) is 3.40. The fourth-order valence-electron chi connectivity index (χ4n) is 2.44. The van der Waals surface area contributed by atoms with Gasteiger partial charge >= 0.3 is 0 Å². The summed E-state index contributed by atoms with van der Waals surface area (Å²) < 4.78 is 3.00. The Morgan fingerprint density at radius 3 is 2.55 bits per heavy atom. The van der Waals surface area contributed by atoms with E-state index in [0.717, 1.165) is 32.6 Å². The molecule has 1 unspecified atom stereocenters. The van der Waals surface area contributed by atoms with Crippen molar-refractivity contribution >= 4 is 21.6 Å². The number of imidazole rings is 1. The summed E-state index contributed by atoms with van der Waals surface area (Å²) in [5.74, 6) is 0. The Bertz CT molecular complexity index is 760. The SMILES string of the molecule is Cc1cccn2c(C(C)O)c(-c3ccc(Br)cc3)nc12. The van der Waals surface area contributed by atoms with Gasteiger partial charge in [-0.3, -0.25) is 0 Å². The van der Waals surface area contributed by atoms with Crippen LogP contribution in [0.5, 0.6) is 0 Å². The highest BCUT2D eigenvalue weighted by atomic mass is 79.9. The van der Waals surface area contributed by atoms with E-state index in [1.165, 1.54) is 0 Å². The van der Waals surface area contributed by atoms with Gasteiger partial charge in [0.25, 0.3) is 0 Å². The molecule has 3 rings (SSSR count). The van der Waals surface area contributed by atoms with Gasteiger partial charge < -0.3 is 9.51 Å². The predicted molar refractivity (Wildman–Crippen MR) is 83.7 cm³/mol. The molecule has 1 N–H and O–H groups in total. The third kappa shape index (κ3) is 2.15. The molecule has 0 bridgehead atoms. The molecular weight excluding hydrogens is 316 g/mol. The van der Waals surface area contributed by atoms with Crippen LogP contribution < -0.4 is 0 Å². The van der Waals surface area contributed by atoms with Gasteiger partial charge in [-0.05, 0) is 37.6 Å². The summed E-state index contributed by atoms with van der Waals surface area (Å²) in [6.45, 7) is 3.80. The molecule has 20 heavy (non-hydrogen) atoms. The summed E-state index contributed by atoms with van der Waals surface area (Å²) in [6, 6.07) is 12.0. The first-order valence-electron chi connectivity index (χ1n) is 6.49. The minimum absolute atomic E-state index is 0.578. The molecule has 2 heterocycles. The molecule has 0 amide bonds. The minimum Gasteiger partial charge on any atom is -0.387 e. The first-order valence-corrected chi connectivity index (χ1v) is 7.29. The van der Waals surface area contributed by atoms with E-state index in [-0.39, 0.29) is 0 Å². The molecule has 3 nitrogen and oxygen atoms in total. The van der Waals surface area contributed by atoms with Crippen molar-refractivity contribution in [2.75, 3.05) is 0 Å². The lowest BCUT2D eigenvalue weighted by Crippen LogP contribution is -1.99. The zero-order valence-corrected chi connectivity index (χ0v) is 12.9. The van der Waals surface area contributed by atoms with Gasteiger partial charge in [-0.15, -0.1) is 0 Å². The molecule has 0 aliphatic carbocycles. The summed E-state index contributed by atoms with van der Waals surface area (Å²) in [7, 11) is 0. The van der Waals surface area contributed by atoms with Crippen molar-refractivity contribution in [3.63, 3.8) is 0 Å². The van der Waals surface area contributed by atoms with Crippen LogP contribution in [-0.2, 0) is 0 Å². The predicted octanol–water partition coefficient (Wildman–Crippen LogP) is 4.13. The topological polar surface area (TPSA) is 37.5 Å². The Morgan fingerprint density at radius 2 is 1.90 bits per heavy atom. The lowest BCUT2D eigenvalue weighted by Gasteiger charge is -2.08. The van der Waals surface area contributed by atoms with E-state index in [2.05, 4.69) is 15.9 Å². The second kappa shape index (κ2) is 5.04. The Balaban J connectivity index is 2.32. The number of aliphatic hydroxyl groups excluding tert-OH is 1. The quantitative estimate of drug-likeness (QED) is 0.767. The van der Waals surface area contributed by atoms with Gasteiger partial charge in [-0.25, -0.2) is 4.98 Å². The summed E-state index contributed by atoms with van der Waals surface area (Å²) in [5, 5.41) is 10.1. The zero-order valence-electron chi connectivity index (χ0n) is 11.3. The number of rotatable bonds is 2. The summed E-state index contributed by atoms with van der Waals surface area (Å²) in [4.78, 5) is 4.72. The lowest BCUT2D eigenvalue weighted by atomic mass is 10.1. The molecule has 0 fully saturated rings. The van der Waals surface area contributed by atoms with Gasteiger partial charge in [0.1, 0.15) is 5.65 Å². The number of pyridine rings is 1. The highest BCUT2D eigenvalue weighted by molar-refractivity contribution is 9.10. The van der Waals surface area contributed by atoms with E-state index >= 15 is 0 Å². The lowest BCUT2D eigenvalue weighted by molar-refractivity contribution is 0.194. The second-order valence-corrected chi connectivity index (χ2v) is 5.83. The van der Waals surface area contributed by atoms with E-state index in [1.54, 1.807) is 6.92 Å². The van der Waals surface area contributed by atoms with Gasteiger partial charge in [0.05, 0.1) is 17.5 Å². The Labute approximate surface area is 126 Å². The van der Waals surface area contributed by atoms with Crippen LogP contribution in [0.25, 0.3) is 16.9 Å².